The molecule has 1 aliphatic heterocycles. The number of carboxylic acid groups (broad SMARTS) is 1. The summed E-state index contributed by atoms with van der Waals surface area (Å²) in [7, 11) is 0. The van der Waals surface area contributed by atoms with E-state index in [2.05, 4.69) is 10.3 Å². The van der Waals surface area contributed by atoms with Crippen LogP contribution in [0.25, 0.3) is 0 Å². The van der Waals surface area contributed by atoms with E-state index in [0.717, 1.165) is 25.0 Å². The van der Waals surface area contributed by atoms with Gasteiger partial charge in [0.05, 0.1) is 4.92 Å². The summed E-state index contributed by atoms with van der Waals surface area (Å²) in [6.45, 7) is 1.87. The highest BCUT2D eigenvalue weighted by Gasteiger charge is 2.20. The lowest BCUT2D eigenvalue weighted by Crippen LogP contribution is -2.23. The molecule has 1 aliphatic rings. The number of rotatable bonds is 5. The Morgan fingerprint density at radius 3 is 2.80 bits per heavy atom. The maximum absolute atomic E-state index is 10.9. The number of nitrogens with zero attached hydrogens (tertiary/aromatic N) is 2. The highest BCUT2D eigenvalue weighted by molar-refractivity contribution is 5.86. The van der Waals surface area contributed by atoms with Gasteiger partial charge in [0.25, 0.3) is 0 Å². The zero-order valence-corrected chi connectivity index (χ0v) is 10.7. The molecule has 2 rings (SSSR count). The lowest BCUT2D eigenvalue weighted by Gasteiger charge is -2.22. The van der Waals surface area contributed by atoms with Crippen LogP contribution in [0.5, 0.6) is 0 Å². The number of nitrogens with one attached hydrogen (secondary N) is 1. The number of pyridine rings is 1. The van der Waals surface area contributed by atoms with Gasteiger partial charge in [0, 0.05) is 25.8 Å². The third-order valence-electron chi connectivity index (χ3n) is 3.19. The van der Waals surface area contributed by atoms with E-state index in [1.165, 1.54) is 0 Å². The molecular weight excluding hydrogens is 266 g/mol. The largest absolute Gasteiger partial charge is 0.477 e. The predicted molar refractivity (Wildman–Crippen MR) is 69.9 cm³/mol. The van der Waals surface area contributed by atoms with Crippen LogP contribution >= 0.6 is 0 Å². The normalized spacial score (nSPS) is 15.8. The minimum atomic E-state index is -1.21. The van der Waals surface area contributed by atoms with Crippen LogP contribution in [0, 0.1) is 16.0 Å². The molecule has 1 saturated heterocycles. The van der Waals surface area contributed by atoms with Crippen LogP contribution in [0.4, 0.5) is 11.5 Å². The van der Waals surface area contributed by atoms with E-state index in [4.69, 9.17) is 9.84 Å². The molecule has 0 unspecified atom stereocenters. The molecular formula is C12H15N3O5. The average molecular weight is 281 g/mol. The van der Waals surface area contributed by atoms with Gasteiger partial charge >= 0.3 is 11.7 Å². The molecule has 0 atom stereocenters. The van der Waals surface area contributed by atoms with Crippen LogP contribution in [0.2, 0.25) is 0 Å². The molecule has 0 bridgehead atoms. The van der Waals surface area contributed by atoms with Gasteiger partial charge in [-0.05, 0) is 24.8 Å². The van der Waals surface area contributed by atoms with Crippen LogP contribution in [-0.2, 0) is 4.74 Å². The smallest absolute Gasteiger partial charge is 0.354 e. The van der Waals surface area contributed by atoms with Crippen molar-refractivity contribution in [3.8, 4) is 0 Å². The SMILES string of the molecule is O=C(O)c1ccc([N+](=O)[O-])c(NCC2CCOCC2)n1. The number of anilines is 1. The molecule has 0 aromatic carbocycles. The highest BCUT2D eigenvalue weighted by atomic mass is 16.6. The fraction of sp³-hybridized carbons (Fsp3) is 0.500. The van der Waals surface area contributed by atoms with Crippen molar-refractivity contribution in [2.24, 2.45) is 5.92 Å². The van der Waals surface area contributed by atoms with Crippen molar-refractivity contribution in [1.29, 1.82) is 0 Å². The first-order valence-corrected chi connectivity index (χ1v) is 6.28. The number of carbonyl (C=O) groups is 1. The van der Waals surface area contributed by atoms with E-state index >= 15 is 0 Å². The molecule has 2 N–H and O–H groups in total. The molecule has 1 aromatic heterocycles. The molecule has 1 aromatic rings. The summed E-state index contributed by atoms with van der Waals surface area (Å²) in [5, 5.41) is 22.7. The number of aromatic nitrogens is 1. The number of hydrogen-bond donors (Lipinski definition) is 2. The molecule has 108 valence electrons. The summed E-state index contributed by atoms with van der Waals surface area (Å²) in [6, 6.07) is 2.28. The van der Waals surface area contributed by atoms with Crippen LogP contribution in [0.15, 0.2) is 12.1 Å². The monoisotopic (exact) mass is 281 g/mol. The van der Waals surface area contributed by atoms with Crippen LogP contribution in [0.3, 0.4) is 0 Å². The molecule has 0 saturated carbocycles. The molecule has 0 radical (unpaired) electrons. The van der Waals surface area contributed by atoms with Gasteiger partial charge in [-0.2, -0.15) is 0 Å². The van der Waals surface area contributed by atoms with Crippen molar-refractivity contribution >= 4 is 17.5 Å². The second-order valence-electron chi connectivity index (χ2n) is 4.56. The van der Waals surface area contributed by atoms with Crippen LogP contribution in [0.1, 0.15) is 23.3 Å². The predicted octanol–water partition coefficient (Wildman–Crippen LogP) is 1.53. The maximum atomic E-state index is 10.9. The number of carboxylic acids is 1. The lowest BCUT2D eigenvalue weighted by molar-refractivity contribution is -0.384. The van der Waals surface area contributed by atoms with Crippen LogP contribution < -0.4 is 5.32 Å². The van der Waals surface area contributed by atoms with Crippen LogP contribution in [-0.4, -0.2) is 40.7 Å². The third-order valence-corrected chi connectivity index (χ3v) is 3.19. The second-order valence-corrected chi connectivity index (χ2v) is 4.56. The Bertz CT molecular complexity index is 514. The van der Waals surface area contributed by atoms with E-state index in [0.29, 0.717) is 25.7 Å². The van der Waals surface area contributed by atoms with Crippen molar-refractivity contribution in [3.63, 3.8) is 0 Å². The number of ether oxygens (including phenoxy) is 1. The Kier molecular flexibility index (Phi) is 4.46. The van der Waals surface area contributed by atoms with Gasteiger partial charge in [-0.25, -0.2) is 9.78 Å². The molecule has 1 fully saturated rings. The molecule has 0 amide bonds. The van der Waals surface area contributed by atoms with Gasteiger partial charge in [0.2, 0.25) is 5.82 Å². The second kappa shape index (κ2) is 6.29. The van der Waals surface area contributed by atoms with Crippen molar-refractivity contribution in [1.82, 2.24) is 4.98 Å². The van der Waals surface area contributed by atoms with Gasteiger partial charge in [0.15, 0.2) is 5.69 Å². The van der Waals surface area contributed by atoms with Gasteiger partial charge < -0.3 is 15.2 Å². The lowest BCUT2D eigenvalue weighted by atomic mass is 10.0. The number of aromatic carboxylic acids is 1. The zero-order chi connectivity index (χ0) is 14.5. The molecule has 20 heavy (non-hydrogen) atoms. The van der Waals surface area contributed by atoms with Crippen molar-refractivity contribution in [2.45, 2.75) is 12.8 Å². The Balaban J connectivity index is 2.12. The number of nitro groups is 1. The van der Waals surface area contributed by atoms with Crippen molar-refractivity contribution in [3.05, 3.63) is 27.9 Å². The first-order valence-electron chi connectivity index (χ1n) is 6.28. The van der Waals surface area contributed by atoms with E-state index < -0.39 is 10.9 Å². The molecule has 8 heteroatoms. The Hall–Kier alpha value is -2.22. The average Bonchev–Trinajstić information content (AvgIpc) is 2.45. The summed E-state index contributed by atoms with van der Waals surface area (Å²) < 4.78 is 5.23. The molecule has 0 aliphatic carbocycles. The van der Waals surface area contributed by atoms with E-state index in [-0.39, 0.29) is 17.2 Å². The quantitative estimate of drug-likeness (QED) is 0.621. The van der Waals surface area contributed by atoms with E-state index in [9.17, 15) is 14.9 Å². The standard InChI is InChI=1S/C12H15N3O5/c16-12(17)9-1-2-10(15(18)19)11(14-9)13-7-8-3-5-20-6-4-8/h1-2,8H,3-7H2,(H,13,14)(H,16,17). The maximum Gasteiger partial charge on any atom is 0.354 e. The van der Waals surface area contributed by atoms with Gasteiger partial charge in [0.1, 0.15) is 0 Å². The first-order chi connectivity index (χ1) is 9.58. The fourth-order valence-corrected chi connectivity index (χ4v) is 2.04. The van der Waals surface area contributed by atoms with Gasteiger partial charge in [-0.15, -0.1) is 0 Å². The minimum absolute atomic E-state index is 0.00129. The summed E-state index contributed by atoms with van der Waals surface area (Å²) in [5.74, 6) is -0.867. The topological polar surface area (TPSA) is 115 Å². The Morgan fingerprint density at radius 2 is 2.20 bits per heavy atom. The summed E-state index contributed by atoms with van der Waals surface area (Å²) in [5.41, 5.74) is -0.438. The summed E-state index contributed by atoms with van der Waals surface area (Å²) in [6.07, 6.45) is 1.75. The first kappa shape index (κ1) is 14.2. The van der Waals surface area contributed by atoms with Gasteiger partial charge in [-0.1, -0.05) is 0 Å². The zero-order valence-electron chi connectivity index (χ0n) is 10.7. The van der Waals surface area contributed by atoms with Gasteiger partial charge in [-0.3, -0.25) is 10.1 Å². The fourth-order valence-electron chi connectivity index (χ4n) is 2.04. The minimum Gasteiger partial charge on any atom is -0.477 e. The molecule has 2 heterocycles. The Labute approximate surface area is 114 Å². The molecule has 8 nitrogen and oxygen atoms in total. The van der Waals surface area contributed by atoms with E-state index in [1.54, 1.807) is 0 Å². The summed E-state index contributed by atoms with van der Waals surface area (Å²) >= 11 is 0. The molecule has 0 spiro atoms. The summed E-state index contributed by atoms with van der Waals surface area (Å²) in [4.78, 5) is 25.0. The van der Waals surface area contributed by atoms with Crippen molar-refractivity contribution < 1.29 is 19.6 Å². The Morgan fingerprint density at radius 1 is 1.50 bits per heavy atom. The number of hydrogen-bond acceptors (Lipinski definition) is 6. The van der Waals surface area contributed by atoms with Crippen molar-refractivity contribution in [2.75, 3.05) is 25.1 Å². The van der Waals surface area contributed by atoms with E-state index in [1.807, 2.05) is 0 Å². The highest BCUT2D eigenvalue weighted by Crippen LogP contribution is 2.23. The third kappa shape index (κ3) is 3.41.